The van der Waals surface area contributed by atoms with E-state index in [1.165, 1.54) is 24.1 Å². The molecular weight excluding hydrogens is 361 g/mol. The minimum Gasteiger partial charge on any atom is -0.465 e. The molecule has 1 aliphatic heterocycles. The maximum atomic E-state index is 13.0. The van der Waals surface area contributed by atoms with Gasteiger partial charge in [0.1, 0.15) is 5.82 Å². The highest BCUT2D eigenvalue weighted by Crippen LogP contribution is 2.14. The van der Waals surface area contributed by atoms with Crippen molar-refractivity contribution in [2.24, 2.45) is 0 Å². The summed E-state index contributed by atoms with van der Waals surface area (Å²) in [5.74, 6) is -0.606. The van der Waals surface area contributed by atoms with Crippen molar-refractivity contribution in [2.45, 2.75) is 6.54 Å². The zero-order valence-corrected chi connectivity index (χ0v) is 15.9. The second-order valence-corrected chi connectivity index (χ2v) is 6.86. The number of methoxy groups -OCH3 is 1. The zero-order valence-electron chi connectivity index (χ0n) is 15.9. The molecule has 7 heteroatoms. The number of rotatable bonds is 6. The van der Waals surface area contributed by atoms with E-state index in [9.17, 15) is 14.0 Å². The third kappa shape index (κ3) is 5.29. The molecule has 0 bridgehead atoms. The zero-order chi connectivity index (χ0) is 19.9. The lowest BCUT2D eigenvalue weighted by Gasteiger charge is -2.33. The van der Waals surface area contributed by atoms with Gasteiger partial charge in [0, 0.05) is 12.2 Å². The third-order valence-corrected chi connectivity index (χ3v) is 4.94. The molecule has 0 atom stereocenters. The largest absolute Gasteiger partial charge is 0.465 e. The van der Waals surface area contributed by atoms with Crippen LogP contribution in [-0.4, -0.2) is 51.7 Å². The topological polar surface area (TPSA) is 63.1 Å². The Morgan fingerprint density at radius 2 is 1.71 bits per heavy atom. The van der Waals surface area contributed by atoms with E-state index in [4.69, 9.17) is 0 Å². The molecule has 1 fully saturated rings. The Bertz CT molecular complexity index is 801. The fourth-order valence-corrected chi connectivity index (χ4v) is 3.28. The van der Waals surface area contributed by atoms with Crippen LogP contribution in [0, 0.1) is 5.82 Å². The molecule has 2 aromatic carbocycles. The van der Waals surface area contributed by atoms with Crippen LogP contribution in [0.25, 0.3) is 0 Å². The Kier molecular flexibility index (Phi) is 6.60. The van der Waals surface area contributed by atoms with Gasteiger partial charge in [0.15, 0.2) is 6.54 Å². The number of carbonyl (C=O) groups excluding carboxylic acids is 2. The van der Waals surface area contributed by atoms with Gasteiger partial charge in [0.25, 0.3) is 5.91 Å². The number of ether oxygens (including phenoxy) is 1. The summed E-state index contributed by atoms with van der Waals surface area (Å²) in [6, 6.07) is 13.5. The Morgan fingerprint density at radius 3 is 2.32 bits per heavy atom. The number of halogens is 1. The number of amides is 1. The Hall–Kier alpha value is -2.93. The molecular formula is C21H25FN3O3+. The van der Waals surface area contributed by atoms with Crippen LogP contribution in [-0.2, 0) is 16.1 Å². The molecule has 148 valence electrons. The van der Waals surface area contributed by atoms with Crippen LogP contribution in [0.1, 0.15) is 15.9 Å². The molecule has 0 aromatic heterocycles. The monoisotopic (exact) mass is 386 g/mol. The summed E-state index contributed by atoms with van der Waals surface area (Å²) in [5.41, 5.74) is 2.43. The van der Waals surface area contributed by atoms with Crippen LogP contribution < -0.4 is 15.1 Å². The van der Waals surface area contributed by atoms with Crippen molar-refractivity contribution in [3.05, 3.63) is 65.5 Å². The lowest BCUT2D eigenvalue weighted by molar-refractivity contribution is -0.892. The molecule has 0 aliphatic carbocycles. The quantitative estimate of drug-likeness (QED) is 0.715. The van der Waals surface area contributed by atoms with Crippen molar-refractivity contribution < 1.29 is 23.6 Å². The van der Waals surface area contributed by atoms with Gasteiger partial charge in [-0.05, 0) is 42.0 Å². The van der Waals surface area contributed by atoms with E-state index in [1.54, 1.807) is 36.4 Å². The van der Waals surface area contributed by atoms with Crippen LogP contribution in [0.3, 0.4) is 0 Å². The molecule has 3 rings (SSSR count). The van der Waals surface area contributed by atoms with E-state index >= 15 is 0 Å². The first kappa shape index (κ1) is 19.8. The number of esters is 1. The fourth-order valence-electron chi connectivity index (χ4n) is 3.28. The highest BCUT2D eigenvalue weighted by Gasteiger charge is 2.22. The summed E-state index contributed by atoms with van der Waals surface area (Å²) in [5, 5.41) is 2.93. The van der Waals surface area contributed by atoms with Crippen LogP contribution in [0.4, 0.5) is 10.1 Å². The number of nitrogens with zero attached hydrogens (tertiary/aromatic N) is 1. The summed E-state index contributed by atoms with van der Waals surface area (Å²) < 4.78 is 17.7. The molecule has 0 saturated carbocycles. The van der Waals surface area contributed by atoms with E-state index in [1.807, 2.05) is 0 Å². The number of hydrogen-bond acceptors (Lipinski definition) is 4. The Morgan fingerprint density at radius 1 is 1.07 bits per heavy atom. The molecule has 6 nitrogen and oxygen atoms in total. The van der Waals surface area contributed by atoms with Crippen LogP contribution in [0.2, 0.25) is 0 Å². The number of piperazine rings is 1. The molecule has 1 heterocycles. The highest BCUT2D eigenvalue weighted by atomic mass is 19.1. The van der Waals surface area contributed by atoms with E-state index < -0.39 is 0 Å². The third-order valence-electron chi connectivity index (χ3n) is 4.94. The van der Waals surface area contributed by atoms with Crippen LogP contribution in [0.5, 0.6) is 0 Å². The number of carbonyl (C=O) groups is 2. The molecule has 1 saturated heterocycles. The lowest BCUT2D eigenvalue weighted by atomic mass is 10.1. The fraction of sp³-hybridized carbons (Fsp3) is 0.333. The number of anilines is 1. The molecule has 2 aromatic rings. The Labute approximate surface area is 163 Å². The maximum absolute atomic E-state index is 13.0. The SMILES string of the molecule is COC(=O)c1ccc(CNC(=O)C[NH+]2CCN(c3ccc(F)cc3)CC2)cc1. The van der Waals surface area contributed by atoms with Crippen molar-refractivity contribution in [2.75, 3.05) is 44.7 Å². The van der Waals surface area contributed by atoms with Gasteiger partial charge in [-0.2, -0.15) is 0 Å². The predicted octanol–water partition coefficient (Wildman–Crippen LogP) is 0.634. The van der Waals surface area contributed by atoms with Gasteiger partial charge in [-0.1, -0.05) is 12.1 Å². The van der Waals surface area contributed by atoms with E-state index in [0.717, 1.165) is 37.4 Å². The van der Waals surface area contributed by atoms with Crippen molar-refractivity contribution in [1.29, 1.82) is 0 Å². The first-order valence-electron chi connectivity index (χ1n) is 9.33. The van der Waals surface area contributed by atoms with E-state index in [-0.39, 0.29) is 17.7 Å². The second kappa shape index (κ2) is 9.32. The van der Waals surface area contributed by atoms with Crippen LogP contribution >= 0.6 is 0 Å². The van der Waals surface area contributed by atoms with E-state index in [0.29, 0.717) is 18.7 Å². The standard InChI is InChI=1S/C21H24FN3O3/c1-28-21(27)17-4-2-16(3-5-17)14-23-20(26)15-24-10-12-25(13-11-24)19-8-6-18(22)7-9-19/h2-9H,10-15H2,1H3,(H,23,26)/p+1. The molecule has 2 N–H and O–H groups in total. The minimum atomic E-state index is -0.376. The second-order valence-electron chi connectivity index (χ2n) is 6.86. The average molecular weight is 386 g/mol. The molecule has 0 unspecified atom stereocenters. The molecule has 0 radical (unpaired) electrons. The minimum absolute atomic E-state index is 0.00211. The molecule has 1 amide bonds. The first-order valence-corrected chi connectivity index (χ1v) is 9.33. The van der Waals surface area contributed by atoms with Gasteiger partial charge in [-0.15, -0.1) is 0 Å². The van der Waals surface area contributed by atoms with Gasteiger partial charge >= 0.3 is 5.97 Å². The van der Waals surface area contributed by atoms with Gasteiger partial charge < -0.3 is 19.9 Å². The van der Waals surface area contributed by atoms with Gasteiger partial charge in [-0.3, -0.25) is 4.79 Å². The van der Waals surface area contributed by atoms with Crippen molar-refractivity contribution in [1.82, 2.24) is 5.32 Å². The molecule has 1 aliphatic rings. The summed E-state index contributed by atoms with van der Waals surface area (Å²) in [6.07, 6.45) is 0. The summed E-state index contributed by atoms with van der Waals surface area (Å²) in [6.45, 7) is 4.25. The number of hydrogen-bond donors (Lipinski definition) is 2. The lowest BCUT2D eigenvalue weighted by Crippen LogP contribution is -3.15. The molecule has 0 spiro atoms. The normalized spacial score (nSPS) is 14.6. The Balaban J connectivity index is 1.41. The maximum Gasteiger partial charge on any atom is 0.337 e. The first-order chi connectivity index (χ1) is 13.5. The summed E-state index contributed by atoms with van der Waals surface area (Å²) >= 11 is 0. The van der Waals surface area contributed by atoms with Crippen molar-refractivity contribution >= 4 is 17.6 Å². The average Bonchev–Trinajstić information content (AvgIpc) is 2.73. The number of benzene rings is 2. The van der Waals surface area contributed by atoms with Gasteiger partial charge in [-0.25, -0.2) is 9.18 Å². The molecule has 28 heavy (non-hydrogen) atoms. The van der Waals surface area contributed by atoms with Crippen molar-refractivity contribution in [3.63, 3.8) is 0 Å². The highest BCUT2D eigenvalue weighted by molar-refractivity contribution is 5.89. The van der Waals surface area contributed by atoms with Crippen LogP contribution in [0.15, 0.2) is 48.5 Å². The van der Waals surface area contributed by atoms with E-state index in [2.05, 4.69) is 15.0 Å². The predicted molar refractivity (Wildman–Crippen MR) is 104 cm³/mol. The number of nitrogens with one attached hydrogen (secondary N) is 2. The smallest absolute Gasteiger partial charge is 0.337 e. The summed E-state index contributed by atoms with van der Waals surface area (Å²) in [7, 11) is 1.35. The van der Waals surface area contributed by atoms with Gasteiger partial charge in [0.2, 0.25) is 0 Å². The van der Waals surface area contributed by atoms with Gasteiger partial charge in [0.05, 0.1) is 38.9 Å². The summed E-state index contributed by atoms with van der Waals surface area (Å²) in [4.78, 5) is 27.1. The van der Waals surface area contributed by atoms with Crippen molar-refractivity contribution in [3.8, 4) is 0 Å². The number of quaternary nitrogens is 1.